The van der Waals surface area contributed by atoms with Crippen molar-refractivity contribution in [3.8, 4) is 11.8 Å². The Hall–Kier alpha value is -5.97. The van der Waals surface area contributed by atoms with Gasteiger partial charge in [0.1, 0.15) is 11.8 Å². The molecule has 5 rings (SSSR count). The van der Waals surface area contributed by atoms with Crippen LogP contribution in [-0.2, 0) is 26.3 Å². The minimum Gasteiger partial charge on any atom is -0.497 e. The van der Waals surface area contributed by atoms with Gasteiger partial charge in [-0.2, -0.15) is 28.1 Å². The molecular weight excluding hydrogens is 735 g/mol. The van der Waals surface area contributed by atoms with Crippen molar-refractivity contribution in [1.82, 2.24) is 25.6 Å². The Morgan fingerprint density at radius 1 is 0.963 bits per heavy atom. The van der Waals surface area contributed by atoms with Gasteiger partial charge in [-0.15, -0.1) is 0 Å². The lowest BCUT2D eigenvalue weighted by Gasteiger charge is -2.19. The number of rotatable bonds is 18. The van der Waals surface area contributed by atoms with Crippen molar-refractivity contribution in [3.05, 3.63) is 94.5 Å². The zero-order chi connectivity index (χ0) is 38.9. The first-order valence-corrected chi connectivity index (χ1v) is 16.9. The van der Waals surface area contributed by atoms with E-state index in [1.165, 1.54) is 31.4 Å². The van der Waals surface area contributed by atoms with E-state index in [0.717, 1.165) is 11.1 Å². The monoisotopic (exact) mass is 769 g/mol. The highest BCUT2D eigenvalue weighted by Gasteiger charge is 2.45. The molecule has 1 aromatic heterocycles. The summed E-state index contributed by atoms with van der Waals surface area (Å²) >= 11 is 6.02. The molecular formula is C36H35ClF3N7O7. The molecule has 54 heavy (non-hydrogen) atoms. The van der Waals surface area contributed by atoms with Crippen molar-refractivity contribution in [2.45, 2.75) is 49.9 Å². The summed E-state index contributed by atoms with van der Waals surface area (Å²) in [6.45, 7) is -1.46. The standard InChI is InChI=1S/C36H35ClF3N7O7/c1-53-26-4-2-3-21(19-26)15-18-41-30(50)28(48)14-13-27(31(51)52)43-29(49)22-5-11-25(12-6-22)42-32-44-33(46-34(45-32)54-20-36(38,39)40)47-35(16-17-35)23-7-9-24(37)10-8-23/h2-12,19,27H,13-18,20H2,1H3,(H,41,50)(H,43,49)(H,51,52)(H2,42,44,45,46,47)/t27-/m0/s1. The number of alkyl halides is 3. The zero-order valence-corrected chi connectivity index (χ0v) is 29.5. The number of amides is 2. The van der Waals surface area contributed by atoms with Crippen molar-refractivity contribution < 1.29 is 46.9 Å². The predicted octanol–water partition coefficient (Wildman–Crippen LogP) is 5.21. The van der Waals surface area contributed by atoms with Gasteiger partial charge in [0.2, 0.25) is 17.7 Å². The van der Waals surface area contributed by atoms with Crippen LogP contribution in [0.1, 0.15) is 47.2 Å². The number of nitrogens with one attached hydrogen (secondary N) is 4. The van der Waals surface area contributed by atoms with Gasteiger partial charge in [-0.25, -0.2) is 4.79 Å². The summed E-state index contributed by atoms with van der Waals surface area (Å²) in [7, 11) is 1.53. The van der Waals surface area contributed by atoms with Crippen molar-refractivity contribution in [2.75, 3.05) is 30.9 Å². The number of hydrogen-bond donors (Lipinski definition) is 5. The molecule has 1 saturated carbocycles. The van der Waals surface area contributed by atoms with Crippen LogP contribution in [0, 0.1) is 0 Å². The number of carboxylic acids is 1. The van der Waals surface area contributed by atoms with Crippen molar-refractivity contribution >= 4 is 52.8 Å². The van der Waals surface area contributed by atoms with E-state index in [9.17, 15) is 37.5 Å². The number of carbonyl (C=O) groups is 4. The molecule has 5 N–H and O–H groups in total. The number of aromatic nitrogens is 3. The van der Waals surface area contributed by atoms with Gasteiger partial charge >= 0.3 is 18.2 Å². The molecule has 1 atom stereocenters. The molecule has 0 bridgehead atoms. The predicted molar refractivity (Wildman–Crippen MR) is 190 cm³/mol. The summed E-state index contributed by atoms with van der Waals surface area (Å²) in [5.74, 6) is -3.43. The third-order valence-electron chi connectivity index (χ3n) is 8.23. The van der Waals surface area contributed by atoms with Crippen LogP contribution in [0.5, 0.6) is 11.8 Å². The highest BCUT2D eigenvalue weighted by atomic mass is 35.5. The summed E-state index contributed by atoms with van der Waals surface area (Å²) in [5, 5.41) is 21.1. The first-order chi connectivity index (χ1) is 25.7. The van der Waals surface area contributed by atoms with Gasteiger partial charge in [0.15, 0.2) is 6.61 Å². The van der Waals surface area contributed by atoms with Gasteiger partial charge in [0.25, 0.3) is 11.8 Å². The quantitative estimate of drug-likeness (QED) is 0.0831. The lowest BCUT2D eigenvalue weighted by molar-refractivity contribution is -0.154. The Morgan fingerprint density at radius 3 is 2.31 bits per heavy atom. The van der Waals surface area contributed by atoms with E-state index in [-0.39, 0.29) is 30.4 Å². The maximum atomic E-state index is 12.9. The molecule has 0 aliphatic heterocycles. The fourth-order valence-electron chi connectivity index (χ4n) is 5.24. The van der Waals surface area contributed by atoms with Crippen LogP contribution in [0.15, 0.2) is 72.8 Å². The Balaban J connectivity index is 1.17. The van der Waals surface area contributed by atoms with Crippen LogP contribution in [0.25, 0.3) is 0 Å². The number of carboxylic acid groups (broad SMARTS) is 1. The number of benzene rings is 3. The van der Waals surface area contributed by atoms with E-state index in [1.54, 1.807) is 30.3 Å². The molecule has 14 nitrogen and oxygen atoms in total. The van der Waals surface area contributed by atoms with Crippen LogP contribution in [0.2, 0.25) is 5.02 Å². The molecule has 2 amide bonds. The van der Waals surface area contributed by atoms with Gasteiger partial charge in [-0.05, 0) is 85.3 Å². The Morgan fingerprint density at radius 2 is 1.67 bits per heavy atom. The lowest BCUT2D eigenvalue weighted by atomic mass is 10.1. The summed E-state index contributed by atoms with van der Waals surface area (Å²) in [6.07, 6.45) is -3.57. The van der Waals surface area contributed by atoms with Crippen molar-refractivity contribution in [3.63, 3.8) is 0 Å². The van der Waals surface area contributed by atoms with Crippen LogP contribution in [0.4, 0.5) is 30.8 Å². The second kappa shape index (κ2) is 17.2. The SMILES string of the molecule is COc1cccc(CCNC(=O)C(=O)CC[C@H](NC(=O)c2ccc(Nc3nc(NC4(c5ccc(Cl)cc5)CC4)nc(OCC(F)(F)F)n3)cc2)C(=O)O)c1. The van der Waals surface area contributed by atoms with Crippen molar-refractivity contribution in [1.29, 1.82) is 0 Å². The number of aliphatic carboxylic acids is 1. The second-order valence-electron chi connectivity index (χ2n) is 12.3. The summed E-state index contributed by atoms with van der Waals surface area (Å²) in [5.41, 5.74) is 1.58. The Kier molecular flexibility index (Phi) is 12.5. The van der Waals surface area contributed by atoms with Crippen LogP contribution < -0.4 is 30.7 Å². The van der Waals surface area contributed by atoms with E-state index >= 15 is 0 Å². The molecule has 0 radical (unpaired) electrons. The van der Waals surface area contributed by atoms with Crippen molar-refractivity contribution in [2.24, 2.45) is 0 Å². The summed E-state index contributed by atoms with van der Waals surface area (Å²) in [4.78, 5) is 61.8. The molecule has 1 aliphatic carbocycles. The van der Waals surface area contributed by atoms with E-state index in [4.69, 9.17) is 21.1 Å². The molecule has 1 fully saturated rings. The number of anilines is 3. The highest BCUT2D eigenvalue weighted by Crippen LogP contribution is 2.48. The van der Waals surface area contributed by atoms with Gasteiger partial charge in [0, 0.05) is 29.2 Å². The number of halogens is 4. The molecule has 1 heterocycles. The maximum Gasteiger partial charge on any atom is 0.422 e. The minimum atomic E-state index is -4.65. The first-order valence-electron chi connectivity index (χ1n) is 16.6. The molecule has 0 saturated heterocycles. The largest absolute Gasteiger partial charge is 0.497 e. The van der Waals surface area contributed by atoms with E-state index in [2.05, 4.69) is 36.2 Å². The second-order valence-corrected chi connectivity index (χ2v) is 12.7. The topological polar surface area (TPSA) is 194 Å². The Bertz CT molecular complexity index is 1980. The van der Waals surface area contributed by atoms with Crippen LogP contribution in [-0.4, -0.2) is 76.1 Å². The molecule has 4 aromatic rings. The molecule has 18 heteroatoms. The van der Waals surface area contributed by atoms with E-state index in [0.29, 0.717) is 35.7 Å². The third-order valence-corrected chi connectivity index (χ3v) is 8.48. The zero-order valence-electron chi connectivity index (χ0n) is 28.7. The normalized spacial score (nSPS) is 13.6. The van der Waals surface area contributed by atoms with Gasteiger partial charge < -0.3 is 35.8 Å². The first kappa shape index (κ1) is 39.2. The smallest absolute Gasteiger partial charge is 0.422 e. The number of hydrogen-bond acceptors (Lipinski definition) is 11. The van der Waals surface area contributed by atoms with Crippen LogP contribution in [0.3, 0.4) is 0 Å². The van der Waals surface area contributed by atoms with Gasteiger partial charge in [0.05, 0.1) is 12.6 Å². The van der Waals surface area contributed by atoms with E-state index < -0.39 is 60.4 Å². The lowest BCUT2D eigenvalue weighted by Crippen LogP contribution is -2.42. The number of nitrogens with zero attached hydrogens (tertiary/aromatic N) is 3. The van der Waals surface area contributed by atoms with Gasteiger partial charge in [-0.1, -0.05) is 35.9 Å². The fourth-order valence-corrected chi connectivity index (χ4v) is 5.37. The van der Waals surface area contributed by atoms with Crippen LogP contribution >= 0.6 is 11.6 Å². The third kappa shape index (κ3) is 11.3. The summed E-state index contributed by atoms with van der Waals surface area (Å²) < 4.78 is 48.8. The average molecular weight is 770 g/mol. The van der Waals surface area contributed by atoms with E-state index in [1.807, 2.05) is 18.2 Å². The molecule has 284 valence electrons. The molecule has 0 spiro atoms. The summed E-state index contributed by atoms with van der Waals surface area (Å²) in [6, 6.07) is 17.8. The molecule has 1 aliphatic rings. The maximum absolute atomic E-state index is 12.9. The molecule has 3 aromatic carbocycles. The average Bonchev–Trinajstić information content (AvgIpc) is 3.92. The minimum absolute atomic E-state index is 0.0444. The Labute approximate surface area is 311 Å². The fraction of sp³-hybridized carbons (Fsp3) is 0.306. The number of carbonyl (C=O) groups excluding carboxylic acids is 3. The molecule has 0 unspecified atom stereocenters. The number of ketones is 1. The van der Waals surface area contributed by atoms with Gasteiger partial charge in [-0.3, -0.25) is 14.4 Å². The number of Topliss-reactive ketones (excluding diaryl/α,β-unsaturated/α-hetero) is 1. The highest BCUT2D eigenvalue weighted by molar-refractivity contribution is 6.36. The number of ether oxygens (including phenoxy) is 2. The number of methoxy groups -OCH3 is 1.